The van der Waals surface area contributed by atoms with Crippen molar-refractivity contribution in [2.75, 3.05) is 0 Å². The minimum Gasteiger partial charge on any atom is -0.356 e. The van der Waals surface area contributed by atoms with Crippen LogP contribution < -0.4 is 5.56 Å². The third kappa shape index (κ3) is 8.03. The minimum absolute atomic E-state index is 0. The zero-order chi connectivity index (χ0) is 9.72. The molecule has 0 bridgehead atoms. The van der Waals surface area contributed by atoms with E-state index in [9.17, 15) is 4.79 Å². The molecule has 9 heteroatoms. The van der Waals surface area contributed by atoms with E-state index in [-0.39, 0.29) is 28.6 Å². The second-order valence-corrected chi connectivity index (χ2v) is 3.40. The SMILES string of the molecule is Cn1sc(Cl)cc1=O.O=[N+]([O-])[O-].[Mg+2]. The van der Waals surface area contributed by atoms with E-state index in [4.69, 9.17) is 26.9 Å². The average molecular weight is 236 g/mol. The van der Waals surface area contributed by atoms with Crippen LogP contribution in [0.1, 0.15) is 0 Å². The van der Waals surface area contributed by atoms with Gasteiger partial charge >= 0.3 is 23.1 Å². The van der Waals surface area contributed by atoms with E-state index in [0.717, 1.165) is 0 Å². The third-order valence-corrected chi connectivity index (χ3v) is 1.83. The van der Waals surface area contributed by atoms with Crippen LogP contribution in [0.2, 0.25) is 4.34 Å². The van der Waals surface area contributed by atoms with E-state index in [1.165, 1.54) is 21.6 Å². The van der Waals surface area contributed by atoms with Crippen LogP contribution >= 0.6 is 23.1 Å². The molecule has 0 aliphatic heterocycles. The fourth-order valence-electron chi connectivity index (χ4n) is 0.390. The summed E-state index contributed by atoms with van der Waals surface area (Å²) in [4.78, 5) is 18.8. The minimum atomic E-state index is -1.75. The van der Waals surface area contributed by atoms with Crippen molar-refractivity contribution in [1.82, 2.24) is 3.96 Å². The van der Waals surface area contributed by atoms with Crippen molar-refractivity contribution >= 4 is 46.2 Å². The number of aryl methyl sites for hydroxylation is 1. The van der Waals surface area contributed by atoms with Crippen LogP contribution in [-0.2, 0) is 7.05 Å². The molecule has 0 radical (unpaired) electrons. The predicted molar refractivity (Wildman–Crippen MR) is 50.7 cm³/mol. The molecule has 6 nitrogen and oxygen atoms in total. The van der Waals surface area contributed by atoms with Gasteiger partial charge in [0.1, 0.15) is 4.34 Å². The van der Waals surface area contributed by atoms with Crippen molar-refractivity contribution < 1.29 is 5.09 Å². The number of aromatic nitrogens is 1. The predicted octanol–water partition coefficient (Wildman–Crippen LogP) is 0.480. The molecule has 0 amide bonds. The zero-order valence-corrected chi connectivity index (χ0v) is 9.58. The summed E-state index contributed by atoms with van der Waals surface area (Å²) >= 11 is 6.70. The molecule has 0 atom stereocenters. The summed E-state index contributed by atoms with van der Waals surface area (Å²) < 4.78 is 2.01. The topological polar surface area (TPSA) is 88.2 Å². The molecule has 0 fully saturated rings. The monoisotopic (exact) mass is 235 g/mol. The van der Waals surface area contributed by atoms with Gasteiger partial charge in [0.2, 0.25) is 0 Å². The van der Waals surface area contributed by atoms with Gasteiger partial charge in [0.15, 0.2) is 0 Å². The van der Waals surface area contributed by atoms with Crippen molar-refractivity contribution in [3.63, 3.8) is 0 Å². The molecular weight excluding hydrogens is 232 g/mol. The fraction of sp³-hybridized carbons (Fsp3) is 0.250. The van der Waals surface area contributed by atoms with Gasteiger partial charge in [0, 0.05) is 13.1 Å². The van der Waals surface area contributed by atoms with E-state index in [1.54, 1.807) is 7.05 Å². The Hall–Kier alpha value is -0.314. The molecule has 0 saturated carbocycles. The first-order valence-corrected chi connectivity index (χ1v) is 3.73. The second kappa shape index (κ2) is 7.12. The van der Waals surface area contributed by atoms with Crippen molar-refractivity contribution in [2.45, 2.75) is 0 Å². The smallest absolute Gasteiger partial charge is 0.356 e. The van der Waals surface area contributed by atoms with Gasteiger partial charge in [0.05, 0.1) is 5.09 Å². The van der Waals surface area contributed by atoms with E-state index in [2.05, 4.69) is 0 Å². The van der Waals surface area contributed by atoms with Crippen LogP contribution in [0.25, 0.3) is 0 Å². The standard InChI is InChI=1S/C4H4ClNOS.Mg.NO3/c1-6-4(7)2-3(5)8-6;;2-1(3)4/h2H,1H3;;/q;+2;-1. The molecule has 1 heterocycles. The zero-order valence-electron chi connectivity index (χ0n) is 6.60. The first kappa shape index (κ1) is 15.2. The van der Waals surface area contributed by atoms with Crippen LogP contribution in [-0.4, -0.2) is 32.1 Å². The van der Waals surface area contributed by atoms with Crippen LogP contribution in [0.4, 0.5) is 0 Å². The largest absolute Gasteiger partial charge is 2.00 e. The maximum absolute atomic E-state index is 10.5. The molecule has 13 heavy (non-hydrogen) atoms. The van der Waals surface area contributed by atoms with Crippen molar-refractivity contribution in [2.24, 2.45) is 7.05 Å². The van der Waals surface area contributed by atoms with E-state index >= 15 is 0 Å². The van der Waals surface area contributed by atoms with Crippen LogP contribution in [0.15, 0.2) is 10.9 Å². The van der Waals surface area contributed by atoms with Crippen LogP contribution in [0.3, 0.4) is 0 Å². The summed E-state index contributed by atoms with van der Waals surface area (Å²) in [5, 5.41) is 14.8. The van der Waals surface area contributed by atoms with Gasteiger partial charge in [-0.1, -0.05) is 11.6 Å². The molecule has 0 aliphatic carbocycles. The maximum atomic E-state index is 10.5. The number of hydrogen-bond donors (Lipinski definition) is 0. The Labute approximate surface area is 98.1 Å². The summed E-state index contributed by atoms with van der Waals surface area (Å²) in [6, 6.07) is 1.40. The first-order chi connectivity index (χ1) is 5.43. The van der Waals surface area contributed by atoms with Gasteiger partial charge in [-0.2, -0.15) is 0 Å². The third-order valence-electron chi connectivity index (χ3n) is 0.771. The molecule has 1 rings (SSSR count). The molecule has 1 aromatic rings. The number of halogens is 1. The number of nitrogens with zero attached hydrogens (tertiary/aromatic N) is 2. The van der Waals surface area contributed by atoms with E-state index in [0.29, 0.717) is 4.34 Å². The summed E-state index contributed by atoms with van der Waals surface area (Å²) in [6.45, 7) is 0. The number of hydrogen-bond acceptors (Lipinski definition) is 5. The Morgan fingerprint density at radius 2 is 2.00 bits per heavy atom. The Balaban J connectivity index is 0. The average Bonchev–Trinajstić information content (AvgIpc) is 2.08. The van der Waals surface area contributed by atoms with Gasteiger partial charge in [0.25, 0.3) is 5.56 Å². The number of rotatable bonds is 0. The van der Waals surface area contributed by atoms with Crippen molar-refractivity contribution in [1.29, 1.82) is 0 Å². The molecular formula is C4H4ClMgN2O4S+. The quantitative estimate of drug-likeness (QED) is 0.372. The molecule has 0 spiro atoms. The summed E-state index contributed by atoms with van der Waals surface area (Å²) in [5.74, 6) is 0. The molecule has 0 aliphatic rings. The molecule has 1 aromatic heterocycles. The van der Waals surface area contributed by atoms with Gasteiger partial charge < -0.3 is 15.3 Å². The molecule has 68 valence electrons. The van der Waals surface area contributed by atoms with Crippen molar-refractivity contribution in [3.05, 3.63) is 36.1 Å². The van der Waals surface area contributed by atoms with Gasteiger partial charge in [-0.15, -0.1) is 0 Å². The van der Waals surface area contributed by atoms with Crippen molar-refractivity contribution in [3.8, 4) is 0 Å². The van der Waals surface area contributed by atoms with Crippen LogP contribution in [0, 0.1) is 15.3 Å². The molecule has 0 aromatic carbocycles. The molecule has 0 saturated heterocycles. The van der Waals surface area contributed by atoms with Crippen LogP contribution in [0.5, 0.6) is 0 Å². The van der Waals surface area contributed by atoms with E-state index in [1.807, 2.05) is 0 Å². The van der Waals surface area contributed by atoms with Gasteiger partial charge in [-0.25, -0.2) is 0 Å². The Morgan fingerprint density at radius 1 is 1.62 bits per heavy atom. The summed E-state index contributed by atoms with van der Waals surface area (Å²) in [5.41, 5.74) is -0.0417. The summed E-state index contributed by atoms with van der Waals surface area (Å²) in [7, 11) is 1.68. The Kier molecular flexibility index (Phi) is 8.31. The van der Waals surface area contributed by atoms with Gasteiger partial charge in [-0.3, -0.25) is 8.75 Å². The molecule has 0 N–H and O–H groups in total. The summed E-state index contributed by atoms with van der Waals surface area (Å²) in [6.07, 6.45) is 0. The van der Waals surface area contributed by atoms with Gasteiger partial charge in [-0.05, 0) is 11.5 Å². The first-order valence-electron chi connectivity index (χ1n) is 2.58. The fourth-order valence-corrected chi connectivity index (χ4v) is 1.35. The Morgan fingerprint density at radius 3 is 2.08 bits per heavy atom. The molecule has 0 unspecified atom stereocenters. The second-order valence-electron chi connectivity index (χ2n) is 1.60. The Bertz CT molecular complexity index is 320. The normalized spacial score (nSPS) is 7.85. The van der Waals surface area contributed by atoms with E-state index < -0.39 is 5.09 Å². The maximum Gasteiger partial charge on any atom is 2.00 e.